The van der Waals surface area contributed by atoms with E-state index in [2.05, 4.69) is 58.8 Å². The Morgan fingerprint density at radius 3 is 2.00 bits per heavy atom. The van der Waals surface area contributed by atoms with E-state index in [1.807, 2.05) is 31.2 Å². The van der Waals surface area contributed by atoms with Gasteiger partial charge in [-0.3, -0.25) is 4.79 Å². The van der Waals surface area contributed by atoms with Crippen LogP contribution >= 0.6 is 0 Å². The molecule has 3 rings (SSSR count). The van der Waals surface area contributed by atoms with Crippen molar-refractivity contribution in [1.29, 1.82) is 0 Å². The summed E-state index contributed by atoms with van der Waals surface area (Å²) in [4.78, 5) is 18.1. The van der Waals surface area contributed by atoms with Crippen LogP contribution in [0.2, 0.25) is 0 Å². The molecule has 0 saturated carbocycles. The van der Waals surface area contributed by atoms with Crippen molar-refractivity contribution in [3.63, 3.8) is 0 Å². The van der Waals surface area contributed by atoms with Crippen molar-refractivity contribution in [2.45, 2.75) is 79.8 Å². The van der Waals surface area contributed by atoms with Crippen molar-refractivity contribution in [3.8, 4) is 5.75 Å². The summed E-state index contributed by atoms with van der Waals surface area (Å²) in [6.45, 7) is 17.5. The zero-order chi connectivity index (χ0) is 26.4. The molecule has 0 radical (unpaired) electrons. The molecule has 1 aromatic heterocycles. The minimum absolute atomic E-state index is 0.0749. The van der Waals surface area contributed by atoms with E-state index in [1.54, 1.807) is 19.1 Å². The number of ether oxygens (including phenoxy) is 1. The van der Waals surface area contributed by atoms with Crippen molar-refractivity contribution in [1.82, 2.24) is 0 Å². The molecular formula is C31H39NO4. The van der Waals surface area contributed by atoms with Crippen molar-refractivity contribution < 1.29 is 18.8 Å². The minimum Gasteiger partial charge on any atom is -0.485 e. The molecule has 1 heterocycles. The van der Waals surface area contributed by atoms with Crippen LogP contribution in [0.1, 0.15) is 110 Å². The van der Waals surface area contributed by atoms with Crippen LogP contribution in [-0.4, -0.2) is 18.1 Å². The van der Waals surface area contributed by atoms with Gasteiger partial charge in [0.1, 0.15) is 18.1 Å². The zero-order valence-electron chi connectivity index (χ0n) is 22.8. The topological polar surface area (TPSA) is 61.0 Å². The fourth-order valence-corrected chi connectivity index (χ4v) is 4.12. The summed E-state index contributed by atoms with van der Waals surface area (Å²) in [5.41, 5.74) is 6.98. The maximum absolute atomic E-state index is 12.2. The quantitative estimate of drug-likeness (QED) is 0.155. The summed E-state index contributed by atoms with van der Waals surface area (Å²) in [6, 6.07) is 15.6. The van der Waals surface area contributed by atoms with E-state index < -0.39 is 0 Å². The lowest BCUT2D eigenvalue weighted by molar-refractivity contribution is 0.0892. The number of hydrogen-bond acceptors (Lipinski definition) is 5. The highest BCUT2D eigenvalue weighted by molar-refractivity contribution is 5.98. The number of ketones is 1. The SMILES string of the molecule is C/C(=N\OCc1c(C(C)C)cc(C(C)C)cc1C(C)C)c1ccc(OCC(=O)c2ccc(C)o2)cc1. The number of rotatable bonds is 11. The van der Waals surface area contributed by atoms with E-state index in [-0.39, 0.29) is 12.4 Å². The Hall–Kier alpha value is -3.34. The van der Waals surface area contributed by atoms with Crippen molar-refractivity contribution in [2.75, 3.05) is 6.61 Å². The predicted molar refractivity (Wildman–Crippen MR) is 145 cm³/mol. The summed E-state index contributed by atoms with van der Waals surface area (Å²) >= 11 is 0. The van der Waals surface area contributed by atoms with Gasteiger partial charge in [-0.05, 0) is 95.8 Å². The number of nitrogens with zero attached hydrogens (tertiary/aromatic N) is 1. The first kappa shape index (κ1) is 27.3. The van der Waals surface area contributed by atoms with Gasteiger partial charge in [-0.25, -0.2) is 0 Å². The number of carbonyl (C=O) groups is 1. The van der Waals surface area contributed by atoms with Crippen LogP contribution in [0, 0.1) is 6.92 Å². The van der Waals surface area contributed by atoms with E-state index in [0.29, 0.717) is 41.6 Å². The van der Waals surface area contributed by atoms with Gasteiger partial charge in [-0.15, -0.1) is 0 Å². The highest BCUT2D eigenvalue weighted by Gasteiger charge is 2.18. The molecule has 0 bridgehead atoms. The van der Waals surface area contributed by atoms with Crippen LogP contribution in [0.5, 0.6) is 5.75 Å². The number of hydrogen-bond donors (Lipinski definition) is 0. The molecule has 3 aromatic rings. The molecule has 0 atom stereocenters. The van der Waals surface area contributed by atoms with Gasteiger partial charge in [0.05, 0.1) is 5.71 Å². The first-order valence-corrected chi connectivity index (χ1v) is 12.7. The van der Waals surface area contributed by atoms with E-state index in [0.717, 1.165) is 11.3 Å². The summed E-state index contributed by atoms with van der Waals surface area (Å²) in [6.07, 6.45) is 0. The van der Waals surface area contributed by atoms with Crippen LogP contribution in [0.4, 0.5) is 0 Å². The van der Waals surface area contributed by atoms with E-state index in [1.165, 1.54) is 22.3 Å². The fraction of sp³-hybridized carbons (Fsp3) is 0.419. The Bertz CT molecular complexity index is 1170. The minimum atomic E-state index is -0.193. The van der Waals surface area contributed by atoms with Crippen LogP contribution in [0.25, 0.3) is 0 Å². The summed E-state index contributed by atoms with van der Waals surface area (Å²) in [5.74, 6) is 2.72. The Balaban J connectivity index is 1.67. The lowest BCUT2D eigenvalue weighted by Gasteiger charge is -2.22. The molecule has 0 saturated heterocycles. The van der Waals surface area contributed by atoms with Gasteiger partial charge >= 0.3 is 0 Å². The number of Topliss-reactive ketones (excluding diaryl/α,β-unsaturated/α-hetero) is 1. The van der Waals surface area contributed by atoms with Gasteiger partial charge in [-0.1, -0.05) is 58.8 Å². The molecule has 0 spiro atoms. The Morgan fingerprint density at radius 2 is 1.50 bits per heavy atom. The van der Waals surface area contributed by atoms with Crippen LogP contribution in [0.15, 0.2) is 58.1 Å². The molecule has 0 amide bonds. The maximum atomic E-state index is 12.2. The maximum Gasteiger partial charge on any atom is 0.235 e. The monoisotopic (exact) mass is 489 g/mol. The molecule has 0 fully saturated rings. The molecule has 5 heteroatoms. The number of carbonyl (C=O) groups excluding carboxylic acids is 1. The van der Waals surface area contributed by atoms with Crippen LogP contribution in [0.3, 0.4) is 0 Å². The molecule has 192 valence electrons. The van der Waals surface area contributed by atoms with E-state index in [9.17, 15) is 4.79 Å². The zero-order valence-corrected chi connectivity index (χ0v) is 22.8. The number of aryl methyl sites for hydroxylation is 1. The van der Waals surface area contributed by atoms with Crippen LogP contribution in [-0.2, 0) is 11.4 Å². The third kappa shape index (κ3) is 6.87. The second kappa shape index (κ2) is 12.1. The summed E-state index contributed by atoms with van der Waals surface area (Å²) < 4.78 is 11.0. The molecule has 0 unspecified atom stereocenters. The van der Waals surface area contributed by atoms with Gasteiger partial charge in [0.15, 0.2) is 12.4 Å². The second-order valence-corrected chi connectivity index (χ2v) is 10.2. The molecule has 0 N–H and O–H groups in total. The average molecular weight is 490 g/mol. The van der Waals surface area contributed by atoms with Crippen molar-refractivity contribution >= 4 is 11.5 Å². The van der Waals surface area contributed by atoms with Gasteiger partial charge in [0.2, 0.25) is 5.78 Å². The van der Waals surface area contributed by atoms with Crippen LogP contribution < -0.4 is 4.74 Å². The highest BCUT2D eigenvalue weighted by Crippen LogP contribution is 2.32. The third-order valence-electron chi connectivity index (χ3n) is 6.32. The largest absolute Gasteiger partial charge is 0.485 e. The lowest BCUT2D eigenvalue weighted by atomic mass is 9.85. The van der Waals surface area contributed by atoms with Crippen molar-refractivity contribution in [3.05, 3.63) is 87.9 Å². The summed E-state index contributed by atoms with van der Waals surface area (Å²) in [7, 11) is 0. The van der Waals surface area contributed by atoms with Gasteiger partial charge in [-0.2, -0.15) is 0 Å². The van der Waals surface area contributed by atoms with Gasteiger partial charge in [0, 0.05) is 0 Å². The number of oxime groups is 1. The molecule has 0 aliphatic heterocycles. The number of benzene rings is 2. The van der Waals surface area contributed by atoms with E-state index in [4.69, 9.17) is 14.0 Å². The second-order valence-electron chi connectivity index (χ2n) is 10.2. The third-order valence-corrected chi connectivity index (χ3v) is 6.32. The molecule has 36 heavy (non-hydrogen) atoms. The molecule has 5 nitrogen and oxygen atoms in total. The standard InChI is InChI=1S/C31H39NO4/c1-19(2)25-15-27(20(3)4)29(28(16-25)21(5)6)17-35-32-23(8)24-10-12-26(13-11-24)34-18-30(33)31-14-9-22(7)36-31/h9-16,19-21H,17-18H2,1-8H3/b32-23+. The lowest BCUT2D eigenvalue weighted by Crippen LogP contribution is -2.10. The van der Waals surface area contributed by atoms with Gasteiger partial charge in [0.25, 0.3) is 0 Å². The van der Waals surface area contributed by atoms with E-state index >= 15 is 0 Å². The first-order valence-electron chi connectivity index (χ1n) is 12.7. The Morgan fingerprint density at radius 1 is 0.889 bits per heavy atom. The number of furan rings is 1. The molecule has 2 aromatic carbocycles. The summed E-state index contributed by atoms with van der Waals surface area (Å²) in [5, 5.41) is 4.40. The Labute approximate surface area is 215 Å². The fourth-order valence-electron chi connectivity index (χ4n) is 4.12. The highest BCUT2D eigenvalue weighted by atomic mass is 16.6. The molecule has 0 aliphatic carbocycles. The Kier molecular flexibility index (Phi) is 9.14. The normalized spacial score (nSPS) is 12.0. The molecular weight excluding hydrogens is 450 g/mol. The predicted octanol–water partition coefficient (Wildman–Crippen LogP) is 8.16. The smallest absolute Gasteiger partial charge is 0.235 e. The molecule has 0 aliphatic rings. The average Bonchev–Trinajstić information content (AvgIpc) is 3.28. The first-order chi connectivity index (χ1) is 17.1. The van der Waals surface area contributed by atoms with Crippen molar-refractivity contribution in [2.24, 2.45) is 5.16 Å². The van der Waals surface area contributed by atoms with Gasteiger partial charge < -0.3 is 14.0 Å².